The molecular formula is C14H13ClN2O. The highest BCUT2D eigenvalue weighted by Gasteiger charge is 2.07. The van der Waals surface area contributed by atoms with Crippen LogP contribution in [0.5, 0.6) is 0 Å². The van der Waals surface area contributed by atoms with Gasteiger partial charge in [-0.1, -0.05) is 17.7 Å². The number of hydrogen-bond acceptors (Lipinski definition) is 2. The molecule has 18 heavy (non-hydrogen) atoms. The van der Waals surface area contributed by atoms with Gasteiger partial charge in [0.2, 0.25) is 0 Å². The fraction of sp³-hybridized carbons (Fsp3) is 0.143. The molecule has 4 heteroatoms. The number of rotatable bonds is 2. The van der Waals surface area contributed by atoms with Crippen molar-refractivity contribution in [2.45, 2.75) is 13.8 Å². The highest BCUT2D eigenvalue weighted by atomic mass is 35.5. The number of carbonyl (C=O) groups is 1. The third-order valence-corrected chi connectivity index (χ3v) is 2.96. The zero-order valence-corrected chi connectivity index (χ0v) is 11.0. The molecule has 2 rings (SSSR count). The van der Waals surface area contributed by atoms with Crippen molar-refractivity contribution in [1.29, 1.82) is 0 Å². The first-order valence-electron chi connectivity index (χ1n) is 5.56. The maximum atomic E-state index is 12.0. The second kappa shape index (κ2) is 5.19. The second-order valence-corrected chi connectivity index (χ2v) is 4.51. The molecular weight excluding hydrogens is 248 g/mol. The molecule has 1 aromatic carbocycles. The largest absolute Gasteiger partial charge is 0.322 e. The first-order valence-corrected chi connectivity index (χ1v) is 5.94. The van der Waals surface area contributed by atoms with E-state index in [1.54, 1.807) is 6.07 Å². The van der Waals surface area contributed by atoms with E-state index in [9.17, 15) is 4.79 Å². The van der Waals surface area contributed by atoms with Gasteiger partial charge < -0.3 is 5.32 Å². The maximum absolute atomic E-state index is 12.0. The summed E-state index contributed by atoms with van der Waals surface area (Å²) in [6.07, 6.45) is 1.51. The Bertz CT molecular complexity index is 596. The Morgan fingerprint density at radius 2 is 1.94 bits per heavy atom. The van der Waals surface area contributed by atoms with E-state index in [2.05, 4.69) is 10.3 Å². The predicted octanol–water partition coefficient (Wildman–Crippen LogP) is 3.60. The topological polar surface area (TPSA) is 42.0 Å². The van der Waals surface area contributed by atoms with Crippen molar-refractivity contribution in [2.75, 3.05) is 5.32 Å². The summed E-state index contributed by atoms with van der Waals surface area (Å²) in [5.74, 6) is -0.192. The average molecular weight is 261 g/mol. The molecule has 92 valence electrons. The highest BCUT2D eigenvalue weighted by Crippen LogP contribution is 2.15. The number of benzene rings is 1. The first-order chi connectivity index (χ1) is 8.56. The number of nitrogens with zero attached hydrogens (tertiary/aromatic N) is 1. The highest BCUT2D eigenvalue weighted by molar-refractivity contribution is 6.29. The van der Waals surface area contributed by atoms with Crippen molar-refractivity contribution >= 4 is 23.2 Å². The molecule has 1 N–H and O–H groups in total. The van der Waals surface area contributed by atoms with E-state index >= 15 is 0 Å². The summed E-state index contributed by atoms with van der Waals surface area (Å²) in [5.41, 5.74) is 3.60. The summed E-state index contributed by atoms with van der Waals surface area (Å²) in [6.45, 7) is 4.04. The number of aryl methyl sites for hydroxylation is 2. The lowest BCUT2D eigenvalue weighted by Gasteiger charge is -2.07. The lowest BCUT2D eigenvalue weighted by molar-refractivity contribution is 0.102. The lowest BCUT2D eigenvalue weighted by Crippen LogP contribution is -2.12. The number of pyridine rings is 1. The number of aromatic nitrogens is 1. The minimum atomic E-state index is -0.192. The van der Waals surface area contributed by atoms with Gasteiger partial charge in [-0.2, -0.15) is 0 Å². The number of anilines is 1. The van der Waals surface area contributed by atoms with Crippen molar-refractivity contribution in [3.8, 4) is 0 Å². The van der Waals surface area contributed by atoms with Crippen LogP contribution in [-0.2, 0) is 0 Å². The van der Waals surface area contributed by atoms with E-state index in [0.29, 0.717) is 10.7 Å². The molecule has 0 aliphatic rings. The van der Waals surface area contributed by atoms with Gasteiger partial charge in [0.05, 0.1) is 0 Å². The van der Waals surface area contributed by atoms with E-state index in [1.807, 2.05) is 32.0 Å². The van der Waals surface area contributed by atoms with Gasteiger partial charge >= 0.3 is 0 Å². The smallest absolute Gasteiger partial charge is 0.255 e. The minimum absolute atomic E-state index is 0.192. The van der Waals surface area contributed by atoms with Crippen molar-refractivity contribution < 1.29 is 4.79 Å². The molecule has 0 atom stereocenters. The Balaban J connectivity index is 2.18. The summed E-state index contributed by atoms with van der Waals surface area (Å²) < 4.78 is 0. The molecule has 1 aromatic heterocycles. The predicted molar refractivity (Wildman–Crippen MR) is 73.1 cm³/mol. The lowest BCUT2D eigenvalue weighted by atomic mass is 10.1. The molecule has 0 fully saturated rings. The van der Waals surface area contributed by atoms with Crippen LogP contribution < -0.4 is 5.32 Å². The zero-order chi connectivity index (χ0) is 13.1. The van der Waals surface area contributed by atoms with E-state index < -0.39 is 0 Å². The number of hydrogen-bond donors (Lipinski definition) is 1. The molecule has 0 aliphatic heterocycles. The Kier molecular flexibility index (Phi) is 3.63. The fourth-order valence-corrected chi connectivity index (χ4v) is 1.74. The van der Waals surface area contributed by atoms with Crippen molar-refractivity contribution in [2.24, 2.45) is 0 Å². The van der Waals surface area contributed by atoms with Gasteiger partial charge in [0.1, 0.15) is 5.15 Å². The Morgan fingerprint density at radius 3 is 2.61 bits per heavy atom. The fourth-order valence-electron chi connectivity index (χ4n) is 1.57. The Morgan fingerprint density at radius 1 is 1.17 bits per heavy atom. The van der Waals surface area contributed by atoms with Crippen LogP contribution in [0.15, 0.2) is 36.5 Å². The van der Waals surface area contributed by atoms with Crippen LogP contribution in [0.4, 0.5) is 5.69 Å². The van der Waals surface area contributed by atoms with Gasteiger partial charge in [-0.3, -0.25) is 4.79 Å². The SMILES string of the molecule is Cc1ccc(NC(=O)c2ccnc(Cl)c2)cc1C. The van der Waals surface area contributed by atoms with E-state index in [-0.39, 0.29) is 5.91 Å². The van der Waals surface area contributed by atoms with Crippen LogP contribution in [0.1, 0.15) is 21.5 Å². The van der Waals surface area contributed by atoms with Gasteiger partial charge in [0.15, 0.2) is 0 Å². The van der Waals surface area contributed by atoms with Gasteiger partial charge in [0, 0.05) is 17.4 Å². The maximum Gasteiger partial charge on any atom is 0.255 e. The summed E-state index contributed by atoms with van der Waals surface area (Å²) in [7, 11) is 0. The summed E-state index contributed by atoms with van der Waals surface area (Å²) in [4.78, 5) is 15.8. The van der Waals surface area contributed by atoms with Crippen molar-refractivity contribution in [1.82, 2.24) is 4.98 Å². The van der Waals surface area contributed by atoms with Crippen LogP contribution in [0.25, 0.3) is 0 Å². The molecule has 1 amide bonds. The van der Waals surface area contributed by atoms with E-state index in [1.165, 1.54) is 17.8 Å². The van der Waals surface area contributed by atoms with Gasteiger partial charge in [-0.15, -0.1) is 0 Å². The van der Waals surface area contributed by atoms with Crippen LogP contribution in [0, 0.1) is 13.8 Å². The summed E-state index contributed by atoms with van der Waals surface area (Å²) in [5, 5.41) is 3.14. The number of halogens is 1. The first kappa shape index (κ1) is 12.6. The molecule has 0 radical (unpaired) electrons. The molecule has 0 saturated heterocycles. The van der Waals surface area contributed by atoms with Crippen LogP contribution in [0.2, 0.25) is 5.15 Å². The van der Waals surface area contributed by atoms with Crippen LogP contribution >= 0.6 is 11.6 Å². The second-order valence-electron chi connectivity index (χ2n) is 4.12. The summed E-state index contributed by atoms with van der Waals surface area (Å²) >= 11 is 5.75. The minimum Gasteiger partial charge on any atom is -0.322 e. The molecule has 1 heterocycles. The number of carbonyl (C=O) groups excluding carboxylic acids is 1. The quantitative estimate of drug-likeness (QED) is 0.839. The third kappa shape index (κ3) is 2.87. The van der Waals surface area contributed by atoms with Gasteiger partial charge in [0.25, 0.3) is 5.91 Å². The van der Waals surface area contributed by atoms with Crippen LogP contribution in [-0.4, -0.2) is 10.9 Å². The number of amides is 1. The normalized spacial score (nSPS) is 10.2. The molecule has 2 aromatic rings. The van der Waals surface area contributed by atoms with Crippen LogP contribution in [0.3, 0.4) is 0 Å². The standard InChI is InChI=1S/C14H13ClN2O/c1-9-3-4-12(7-10(9)2)17-14(18)11-5-6-16-13(15)8-11/h3-8H,1-2H3,(H,17,18). The van der Waals surface area contributed by atoms with Gasteiger partial charge in [-0.25, -0.2) is 4.98 Å². The third-order valence-electron chi connectivity index (χ3n) is 2.75. The zero-order valence-electron chi connectivity index (χ0n) is 10.2. The molecule has 0 spiro atoms. The Hall–Kier alpha value is -1.87. The van der Waals surface area contributed by atoms with E-state index in [0.717, 1.165) is 11.3 Å². The molecule has 3 nitrogen and oxygen atoms in total. The summed E-state index contributed by atoms with van der Waals surface area (Å²) in [6, 6.07) is 8.96. The van der Waals surface area contributed by atoms with Crippen molar-refractivity contribution in [3.63, 3.8) is 0 Å². The monoisotopic (exact) mass is 260 g/mol. The van der Waals surface area contributed by atoms with E-state index in [4.69, 9.17) is 11.6 Å². The molecule has 0 aliphatic carbocycles. The molecule has 0 bridgehead atoms. The van der Waals surface area contributed by atoms with Gasteiger partial charge in [-0.05, 0) is 49.2 Å². The number of nitrogens with one attached hydrogen (secondary N) is 1. The van der Waals surface area contributed by atoms with Crippen molar-refractivity contribution in [3.05, 3.63) is 58.4 Å². The Labute approximate surface area is 111 Å². The average Bonchev–Trinajstić information content (AvgIpc) is 2.34. The molecule has 0 saturated carbocycles. The molecule has 0 unspecified atom stereocenters.